The van der Waals surface area contributed by atoms with Crippen molar-refractivity contribution in [2.45, 2.75) is 32.2 Å². The summed E-state index contributed by atoms with van der Waals surface area (Å²) in [6.45, 7) is 3.23. The van der Waals surface area contributed by atoms with Crippen molar-refractivity contribution >= 4 is 5.69 Å². The molecule has 0 fully saturated rings. The van der Waals surface area contributed by atoms with Crippen LogP contribution in [-0.2, 0) is 0 Å². The Hall–Kier alpha value is -1.46. The standard InChI is InChI=1S/C16H24N2/c1-5-6-7-8-13-17-14(2)15-9-11-16(12-10-15)18(3)4/h1,9-12,14,17H,6-8,13H2,2-4H3. The molecule has 1 rings (SSSR count). The molecule has 0 aromatic heterocycles. The molecule has 1 unspecified atom stereocenters. The Kier molecular flexibility index (Phi) is 6.32. The highest BCUT2D eigenvalue weighted by Gasteiger charge is 2.04. The maximum absolute atomic E-state index is 5.23. The van der Waals surface area contributed by atoms with Crippen LogP contribution in [0.15, 0.2) is 24.3 Å². The van der Waals surface area contributed by atoms with Gasteiger partial charge < -0.3 is 10.2 Å². The number of nitrogens with zero attached hydrogens (tertiary/aromatic N) is 1. The molecule has 2 nitrogen and oxygen atoms in total. The van der Waals surface area contributed by atoms with Crippen molar-refractivity contribution in [3.8, 4) is 12.3 Å². The number of nitrogens with one attached hydrogen (secondary N) is 1. The van der Waals surface area contributed by atoms with Gasteiger partial charge >= 0.3 is 0 Å². The van der Waals surface area contributed by atoms with E-state index in [4.69, 9.17) is 6.42 Å². The van der Waals surface area contributed by atoms with E-state index in [9.17, 15) is 0 Å². The maximum Gasteiger partial charge on any atom is 0.0361 e. The molecule has 0 aliphatic rings. The van der Waals surface area contributed by atoms with Crippen LogP contribution in [0.2, 0.25) is 0 Å². The van der Waals surface area contributed by atoms with E-state index >= 15 is 0 Å². The van der Waals surface area contributed by atoms with Crippen molar-refractivity contribution in [3.05, 3.63) is 29.8 Å². The van der Waals surface area contributed by atoms with Crippen LogP contribution in [0.1, 0.15) is 37.8 Å². The summed E-state index contributed by atoms with van der Waals surface area (Å²) < 4.78 is 0. The summed E-state index contributed by atoms with van der Waals surface area (Å²) in [4.78, 5) is 2.11. The van der Waals surface area contributed by atoms with Crippen LogP contribution >= 0.6 is 0 Å². The van der Waals surface area contributed by atoms with E-state index in [1.54, 1.807) is 0 Å². The Morgan fingerprint density at radius 3 is 2.44 bits per heavy atom. The molecule has 1 N–H and O–H groups in total. The second kappa shape index (κ2) is 7.79. The number of hydrogen-bond donors (Lipinski definition) is 1. The Morgan fingerprint density at radius 1 is 1.22 bits per heavy atom. The second-order valence-electron chi connectivity index (χ2n) is 4.82. The summed E-state index contributed by atoms with van der Waals surface area (Å²) >= 11 is 0. The fourth-order valence-electron chi connectivity index (χ4n) is 1.85. The molecule has 0 spiro atoms. The van der Waals surface area contributed by atoms with Crippen LogP contribution in [0.25, 0.3) is 0 Å². The van der Waals surface area contributed by atoms with E-state index in [2.05, 4.69) is 61.4 Å². The van der Waals surface area contributed by atoms with Gasteiger partial charge in [0, 0.05) is 32.2 Å². The molecule has 0 aliphatic carbocycles. The van der Waals surface area contributed by atoms with Crippen molar-refractivity contribution in [3.63, 3.8) is 0 Å². The molecular weight excluding hydrogens is 220 g/mol. The lowest BCUT2D eigenvalue weighted by Crippen LogP contribution is -2.20. The van der Waals surface area contributed by atoms with Crippen LogP contribution in [0.4, 0.5) is 5.69 Å². The van der Waals surface area contributed by atoms with Gasteiger partial charge in [0.05, 0.1) is 0 Å². The highest BCUT2D eigenvalue weighted by molar-refractivity contribution is 5.46. The molecule has 0 saturated heterocycles. The lowest BCUT2D eigenvalue weighted by Gasteiger charge is -2.17. The molecule has 0 aliphatic heterocycles. The smallest absolute Gasteiger partial charge is 0.0361 e. The number of benzene rings is 1. The van der Waals surface area contributed by atoms with Crippen LogP contribution in [0.3, 0.4) is 0 Å². The van der Waals surface area contributed by atoms with Gasteiger partial charge in [0.15, 0.2) is 0 Å². The zero-order valence-corrected chi connectivity index (χ0v) is 11.7. The zero-order chi connectivity index (χ0) is 13.4. The average molecular weight is 244 g/mol. The Morgan fingerprint density at radius 2 is 1.89 bits per heavy atom. The van der Waals surface area contributed by atoms with Gasteiger partial charge in [0.2, 0.25) is 0 Å². The molecule has 2 heteroatoms. The number of terminal acetylenes is 1. The SMILES string of the molecule is C#CCCCCNC(C)c1ccc(N(C)C)cc1. The Bertz CT molecular complexity index is 373. The summed E-state index contributed by atoms with van der Waals surface area (Å²) in [7, 11) is 4.12. The van der Waals surface area contributed by atoms with Gasteiger partial charge in [-0.1, -0.05) is 12.1 Å². The molecule has 0 saturated carbocycles. The summed E-state index contributed by atoms with van der Waals surface area (Å²) in [6.07, 6.45) is 8.36. The Labute approximate surface area is 111 Å². The topological polar surface area (TPSA) is 15.3 Å². The first-order valence-electron chi connectivity index (χ1n) is 6.59. The van der Waals surface area contributed by atoms with E-state index in [1.165, 1.54) is 11.3 Å². The van der Waals surface area contributed by atoms with E-state index in [-0.39, 0.29) is 0 Å². The number of rotatable bonds is 7. The van der Waals surface area contributed by atoms with Gasteiger partial charge in [-0.15, -0.1) is 12.3 Å². The van der Waals surface area contributed by atoms with Crippen molar-refractivity contribution in [1.29, 1.82) is 0 Å². The fraction of sp³-hybridized carbons (Fsp3) is 0.500. The van der Waals surface area contributed by atoms with Gasteiger partial charge in [-0.3, -0.25) is 0 Å². The summed E-state index contributed by atoms with van der Waals surface area (Å²) in [5, 5.41) is 3.52. The van der Waals surface area contributed by atoms with Gasteiger partial charge in [-0.05, 0) is 44.0 Å². The lowest BCUT2D eigenvalue weighted by molar-refractivity contribution is 0.549. The fourth-order valence-corrected chi connectivity index (χ4v) is 1.85. The molecule has 0 heterocycles. The van der Waals surface area contributed by atoms with Gasteiger partial charge in [-0.25, -0.2) is 0 Å². The summed E-state index contributed by atoms with van der Waals surface area (Å²) in [5.74, 6) is 2.67. The Balaban J connectivity index is 2.37. The quantitative estimate of drug-likeness (QED) is 0.585. The molecule has 98 valence electrons. The van der Waals surface area contributed by atoms with E-state index in [0.717, 1.165) is 25.8 Å². The normalized spacial score (nSPS) is 11.9. The van der Waals surface area contributed by atoms with Crippen molar-refractivity contribution in [2.75, 3.05) is 25.5 Å². The first-order valence-corrected chi connectivity index (χ1v) is 6.59. The highest BCUT2D eigenvalue weighted by Crippen LogP contribution is 2.17. The third-order valence-corrected chi connectivity index (χ3v) is 3.11. The van der Waals surface area contributed by atoms with Crippen LogP contribution in [0, 0.1) is 12.3 Å². The largest absolute Gasteiger partial charge is 0.378 e. The predicted molar refractivity (Wildman–Crippen MR) is 79.9 cm³/mol. The minimum absolute atomic E-state index is 0.395. The van der Waals surface area contributed by atoms with E-state index < -0.39 is 0 Å². The van der Waals surface area contributed by atoms with Gasteiger partial charge in [0.1, 0.15) is 0 Å². The third-order valence-electron chi connectivity index (χ3n) is 3.11. The van der Waals surface area contributed by atoms with E-state index in [1.807, 2.05) is 0 Å². The zero-order valence-electron chi connectivity index (χ0n) is 11.7. The van der Waals surface area contributed by atoms with E-state index in [0.29, 0.717) is 6.04 Å². The van der Waals surface area contributed by atoms with Crippen LogP contribution in [-0.4, -0.2) is 20.6 Å². The van der Waals surface area contributed by atoms with Crippen molar-refractivity contribution < 1.29 is 0 Å². The molecule has 1 aromatic carbocycles. The maximum atomic E-state index is 5.23. The first kappa shape index (κ1) is 14.6. The monoisotopic (exact) mass is 244 g/mol. The molecule has 0 radical (unpaired) electrons. The molecular formula is C16H24N2. The van der Waals surface area contributed by atoms with Crippen LogP contribution in [0.5, 0.6) is 0 Å². The molecule has 18 heavy (non-hydrogen) atoms. The average Bonchev–Trinajstić information content (AvgIpc) is 2.38. The minimum Gasteiger partial charge on any atom is -0.378 e. The molecule has 1 aromatic rings. The van der Waals surface area contributed by atoms with Crippen molar-refractivity contribution in [2.24, 2.45) is 0 Å². The summed E-state index contributed by atoms with van der Waals surface area (Å²) in [5.41, 5.74) is 2.57. The molecule has 0 amide bonds. The highest BCUT2D eigenvalue weighted by atomic mass is 15.1. The second-order valence-corrected chi connectivity index (χ2v) is 4.82. The number of hydrogen-bond acceptors (Lipinski definition) is 2. The van der Waals surface area contributed by atoms with Crippen LogP contribution < -0.4 is 10.2 Å². The van der Waals surface area contributed by atoms with Gasteiger partial charge in [-0.2, -0.15) is 0 Å². The number of unbranched alkanes of at least 4 members (excludes halogenated alkanes) is 2. The van der Waals surface area contributed by atoms with Gasteiger partial charge in [0.25, 0.3) is 0 Å². The summed E-state index contributed by atoms with van der Waals surface area (Å²) in [6, 6.07) is 9.09. The first-order chi connectivity index (χ1) is 8.65. The third kappa shape index (κ3) is 4.81. The predicted octanol–water partition coefficient (Wildman–Crippen LogP) is 3.21. The minimum atomic E-state index is 0.395. The van der Waals surface area contributed by atoms with Crippen molar-refractivity contribution in [1.82, 2.24) is 5.32 Å². The molecule has 1 atom stereocenters. The molecule has 0 bridgehead atoms. The lowest BCUT2D eigenvalue weighted by atomic mass is 10.1. The number of anilines is 1.